The number of hydrogen-bond donors (Lipinski definition) is 0. The van der Waals surface area contributed by atoms with E-state index in [1.807, 2.05) is 42.5 Å². The Morgan fingerprint density at radius 3 is 1.56 bits per heavy atom. The molecule has 0 unspecified atom stereocenters. The fourth-order valence-corrected chi connectivity index (χ4v) is 8.31. The van der Waals surface area contributed by atoms with Crippen LogP contribution in [0, 0.1) is 22.7 Å². The first kappa shape index (κ1) is 31.1. The molecule has 0 amide bonds. The fraction of sp³-hybridized carbons (Fsp3) is 0. The number of para-hydroxylation sites is 3. The molecular formula is C50H30N4. The summed E-state index contributed by atoms with van der Waals surface area (Å²) in [6.45, 7) is 0. The number of hydrogen-bond acceptors (Lipinski definition) is 2. The maximum atomic E-state index is 9.84. The third-order valence-electron chi connectivity index (χ3n) is 10.6. The summed E-state index contributed by atoms with van der Waals surface area (Å²) in [5.74, 6) is 0. The predicted molar refractivity (Wildman–Crippen MR) is 221 cm³/mol. The van der Waals surface area contributed by atoms with E-state index in [0.29, 0.717) is 11.1 Å². The number of rotatable bonds is 5. The number of benzene rings is 8. The summed E-state index contributed by atoms with van der Waals surface area (Å²) in [5.41, 5.74) is 14.6. The number of aromatic nitrogens is 2. The molecule has 0 N–H and O–H groups in total. The van der Waals surface area contributed by atoms with Crippen molar-refractivity contribution < 1.29 is 0 Å². The molecule has 54 heavy (non-hydrogen) atoms. The highest BCUT2D eigenvalue weighted by Gasteiger charge is 2.22. The zero-order valence-corrected chi connectivity index (χ0v) is 29.1. The van der Waals surface area contributed by atoms with Crippen molar-refractivity contribution in [3.05, 3.63) is 193 Å². The molecule has 2 heterocycles. The van der Waals surface area contributed by atoms with Crippen LogP contribution >= 0.6 is 0 Å². The van der Waals surface area contributed by atoms with Crippen molar-refractivity contribution in [3.8, 4) is 56.9 Å². The molecule has 0 bridgehead atoms. The minimum absolute atomic E-state index is 0.638. The van der Waals surface area contributed by atoms with Crippen molar-refractivity contribution in [2.75, 3.05) is 0 Å². The van der Waals surface area contributed by atoms with Crippen LogP contribution in [-0.2, 0) is 0 Å². The van der Waals surface area contributed by atoms with Crippen molar-refractivity contribution >= 4 is 43.6 Å². The molecule has 0 aliphatic rings. The van der Waals surface area contributed by atoms with Gasteiger partial charge in [0.25, 0.3) is 0 Å². The van der Waals surface area contributed by atoms with E-state index in [1.165, 1.54) is 10.8 Å². The molecular weight excluding hydrogens is 657 g/mol. The minimum atomic E-state index is 0.638. The fourth-order valence-electron chi connectivity index (χ4n) is 8.31. The zero-order valence-electron chi connectivity index (χ0n) is 29.1. The second-order valence-electron chi connectivity index (χ2n) is 13.5. The monoisotopic (exact) mass is 686 g/mol. The van der Waals surface area contributed by atoms with Gasteiger partial charge in [0.15, 0.2) is 0 Å². The first-order valence-electron chi connectivity index (χ1n) is 18.0. The van der Waals surface area contributed by atoms with Crippen LogP contribution in [0.15, 0.2) is 182 Å². The predicted octanol–water partition coefficient (Wildman–Crippen LogP) is 12.6. The average molecular weight is 687 g/mol. The Kier molecular flexibility index (Phi) is 7.22. The highest BCUT2D eigenvalue weighted by molar-refractivity contribution is 6.18. The third kappa shape index (κ3) is 4.76. The first-order chi connectivity index (χ1) is 26.7. The van der Waals surface area contributed by atoms with Crippen molar-refractivity contribution in [1.29, 1.82) is 10.5 Å². The summed E-state index contributed by atoms with van der Waals surface area (Å²) in [6.07, 6.45) is 0. The van der Waals surface area contributed by atoms with Gasteiger partial charge in [-0.25, -0.2) is 0 Å². The van der Waals surface area contributed by atoms with Gasteiger partial charge in [0.1, 0.15) is 0 Å². The molecule has 4 heteroatoms. The molecule has 10 aromatic rings. The zero-order chi connectivity index (χ0) is 36.2. The molecule has 0 aliphatic carbocycles. The molecule has 250 valence electrons. The normalized spacial score (nSPS) is 11.3. The number of fused-ring (bicyclic) bond motifs is 6. The standard InChI is InChI=1S/C50H30N4/c51-31-33-24-27-36(28-25-33)53-46-22-9-8-18-44(46)49-41(19-11-23-48(49)53)39-16-6-4-14-37(39)38-15-5-7-17-40(38)42-20-10-21-43-45-30-34(32-52)26-29-47(45)54(50(42)43)35-12-2-1-3-13-35/h1-30H. The molecule has 2 aromatic heterocycles. The van der Waals surface area contributed by atoms with Gasteiger partial charge in [-0.3, -0.25) is 0 Å². The first-order valence-corrected chi connectivity index (χ1v) is 18.0. The third-order valence-corrected chi connectivity index (χ3v) is 10.6. The summed E-state index contributed by atoms with van der Waals surface area (Å²) in [7, 11) is 0. The molecule has 0 spiro atoms. The van der Waals surface area contributed by atoms with E-state index in [1.54, 1.807) is 0 Å². The van der Waals surface area contributed by atoms with Crippen LogP contribution in [0.3, 0.4) is 0 Å². The topological polar surface area (TPSA) is 57.4 Å². The molecule has 0 saturated carbocycles. The van der Waals surface area contributed by atoms with Crippen LogP contribution < -0.4 is 0 Å². The van der Waals surface area contributed by atoms with Crippen molar-refractivity contribution in [1.82, 2.24) is 9.13 Å². The van der Waals surface area contributed by atoms with Crippen molar-refractivity contribution in [2.45, 2.75) is 0 Å². The molecule has 0 fully saturated rings. The van der Waals surface area contributed by atoms with Crippen LogP contribution in [0.1, 0.15) is 11.1 Å². The Morgan fingerprint density at radius 2 is 0.833 bits per heavy atom. The Balaban J connectivity index is 1.24. The quantitative estimate of drug-likeness (QED) is 0.181. The SMILES string of the molecule is N#Cc1ccc(-n2c3ccccc3c3c(-c4ccccc4-c4ccccc4-c4cccc5c6cc(C#N)ccc6n(-c6ccccc6)c45)cccc32)cc1. The highest BCUT2D eigenvalue weighted by Crippen LogP contribution is 2.46. The van der Waals surface area contributed by atoms with Crippen LogP contribution in [0.5, 0.6) is 0 Å². The van der Waals surface area contributed by atoms with E-state index in [9.17, 15) is 10.5 Å². The Hall–Kier alpha value is -7.66. The lowest BCUT2D eigenvalue weighted by atomic mass is 9.87. The molecule has 0 atom stereocenters. The average Bonchev–Trinajstić information content (AvgIpc) is 3.77. The summed E-state index contributed by atoms with van der Waals surface area (Å²) in [5, 5.41) is 23.8. The van der Waals surface area contributed by atoms with Gasteiger partial charge in [-0.05, 0) is 94.5 Å². The molecule has 4 nitrogen and oxygen atoms in total. The van der Waals surface area contributed by atoms with Gasteiger partial charge in [-0.1, -0.05) is 115 Å². The molecule has 8 aromatic carbocycles. The molecule has 10 rings (SSSR count). The van der Waals surface area contributed by atoms with Gasteiger partial charge in [-0.2, -0.15) is 10.5 Å². The molecule has 0 aliphatic heterocycles. The number of nitrogens with zero attached hydrogens (tertiary/aromatic N) is 4. The summed E-state index contributed by atoms with van der Waals surface area (Å²) < 4.78 is 4.63. The lowest BCUT2D eigenvalue weighted by molar-refractivity contribution is 1.18. The lowest BCUT2D eigenvalue weighted by Gasteiger charge is -2.17. The van der Waals surface area contributed by atoms with E-state index in [4.69, 9.17) is 0 Å². The van der Waals surface area contributed by atoms with E-state index in [-0.39, 0.29) is 0 Å². The number of nitriles is 2. The van der Waals surface area contributed by atoms with Gasteiger partial charge in [0, 0.05) is 38.5 Å². The highest BCUT2D eigenvalue weighted by atomic mass is 15.0. The second kappa shape index (κ2) is 12.5. The van der Waals surface area contributed by atoms with E-state index < -0.39 is 0 Å². The largest absolute Gasteiger partial charge is 0.309 e. The van der Waals surface area contributed by atoms with Gasteiger partial charge in [0.05, 0.1) is 45.3 Å². The van der Waals surface area contributed by atoms with Gasteiger partial charge in [0.2, 0.25) is 0 Å². The minimum Gasteiger partial charge on any atom is -0.309 e. The van der Waals surface area contributed by atoms with Crippen LogP contribution in [0.2, 0.25) is 0 Å². The van der Waals surface area contributed by atoms with Crippen LogP contribution in [0.4, 0.5) is 0 Å². The lowest BCUT2D eigenvalue weighted by Crippen LogP contribution is -1.96. The van der Waals surface area contributed by atoms with Crippen LogP contribution in [-0.4, -0.2) is 9.13 Å². The molecule has 0 radical (unpaired) electrons. The van der Waals surface area contributed by atoms with Gasteiger partial charge < -0.3 is 9.13 Å². The summed E-state index contributed by atoms with van der Waals surface area (Å²) in [6, 6.07) is 68.0. The summed E-state index contributed by atoms with van der Waals surface area (Å²) >= 11 is 0. The smallest absolute Gasteiger partial charge is 0.0991 e. The Bertz CT molecular complexity index is 3170. The van der Waals surface area contributed by atoms with E-state index in [2.05, 4.69) is 161 Å². The van der Waals surface area contributed by atoms with Crippen molar-refractivity contribution in [2.24, 2.45) is 0 Å². The second-order valence-corrected chi connectivity index (χ2v) is 13.5. The van der Waals surface area contributed by atoms with Gasteiger partial charge in [-0.15, -0.1) is 0 Å². The van der Waals surface area contributed by atoms with Gasteiger partial charge >= 0.3 is 0 Å². The Labute approximate surface area is 312 Å². The maximum Gasteiger partial charge on any atom is 0.0991 e. The Morgan fingerprint density at radius 1 is 0.333 bits per heavy atom. The van der Waals surface area contributed by atoms with E-state index in [0.717, 1.165) is 77.6 Å². The van der Waals surface area contributed by atoms with Crippen molar-refractivity contribution in [3.63, 3.8) is 0 Å². The summed E-state index contributed by atoms with van der Waals surface area (Å²) in [4.78, 5) is 0. The molecule has 0 saturated heterocycles. The van der Waals surface area contributed by atoms with E-state index >= 15 is 0 Å². The van der Waals surface area contributed by atoms with Crippen LogP contribution in [0.25, 0.3) is 88.4 Å². The maximum absolute atomic E-state index is 9.84.